The summed E-state index contributed by atoms with van der Waals surface area (Å²) in [6, 6.07) is 7.25. The summed E-state index contributed by atoms with van der Waals surface area (Å²) in [5, 5.41) is 4.73. The van der Waals surface area contributed by atoms with Crippen molar-refractivity contribution in [1.29, 1.82) is 0 Å². The Morgan fingerprint density at radius 3 is 2.37 bits per heavy atom. The zero-order chi connectivity index (χ0) is 14.4. The molecule has 0 saturated heterocycles. The summed E-state index contributed by atoms with van der Waals surface area (Å²) >= 11 is 0. The van der Waals surface area contributed by atoms with E-state index in [1.807, 2.05) is 7.05 Å². The summed E-state index contributed by atoms with van der Waals surface area (Å²) in [5.74, 6) is 0. The molecule has 0 aliphatic carbocycles. The number of nitrogens with one attached hydrogen (secondary N) is 1. The SMILES string of the molecule is CNC(C)c1c(C)c2cc(C(C)(C)C)ccc2n1C. The fraction of sp³-hybridized carbons (Fsp3) is 0.529. The molecule has 0 fully saturated rings. The first-order chi connectivity index (χ1) is 8.77. The van der Waals surface area contributed by atoms with Crippen LogP contribution in [0.5, 0.6) is 0 Å². The van der Waals surface area contributed by atoms with Crippen LogP contribution in [0.4, 0.5) is 0 Å². The molecule has 2 nitrogen and oxygen atoms in total. The number of aromatic nitrogens is 1. The number of rotatable bonds is 2. The lowest BCUT2D eigenvalue weighted by molar-refractivity contribution is 0.591. The number of nitrogens with zero attached hydrogens (tertiary/aromatic N) is 1. The van der Waals surface area contributed by atoms with Gasteiger partial charge in [0.15, 0.2) is 0 Å². The summed E-state index contributed by atoms with van der Waals surface area (Å²) in [7, 11) is 4.18. The molecule has 0 radical (unpaired) electrons. The Balaban J connectivity index is 2.71. The number of benzene rings is 1. The van der Waals surface area contributed by atoms with E-state index in [1.54, 1.807) is 0 Å². The van der Waals surface area contributed by atoms with E-state index in [1.165, 1.54) is 27.7 Å². The highest BCUT2D eigenvalue weighted by Gasteiger charge is 2.19. The van der Waals surface area contributed by atoms with Gasteiger partial charge in [-0.1, -0.05) is 26.8 Å². The fourth-order valence-electron chi connectivity index (χ4n) is 2.87. The van der Waals surface area contributed by atoms with Crippen molar-refractivity contribution >= 4 is 10.9 Å². The molecule has 0 aliphatic rings. The molecule has 1 heterocycles. The summed E-state index contributed by atoms with van der Waals surface area (Å²) in [5.41, 5.74) is 5.69. The van der Waals surface area contributed by atoms with Crippen LogP contribution in [0.2, 0.25) is 0 Å². The topological polar surface area (TPSA) is 17.0 Å². The fourth-order valence-corrected chi connectivity index (χ4v) is 2.87. The van der Waals surface area contributed by atoms with E-state index in [0.29, 0.717) is 6.04 Å². The maximum Gasteiger partial charge on any atom is 0.0483 e. The van der Waals surface area contributed by atoms with Crippen molar-refractivity contribution in [3.05, 3.63) is 35.0 Å². The lowest BCUT2D eigenvalue weighted by atomic mass is 9.86. The quantitative estimate of drug-likeness (QED) is 0.859. The molecule has 0 saturated carbocycles. The van der Waals surface area contributed by atoms with Gasteiger partial charge >= 0.3 is 0 Å². The van der Waals surface area contributed by atoms with Gasteiger partial charge in [-0.25, -0.2) is 0 Å². The second kappa shape index (κ2) is 4.68. The molecular weight excluding hydrogens is 232 g/mol. The Hall–Kier alpha value is -1.28. The average Bonchev–Trinajstić information content (AvgIpc) is 2.60. The van der Waals surface area contributed by atoms with Crippen LogP contribution in [0.25, 0.3) is 10.9 Å². The highest BCUT2D eigenvalue weighted by atomic mass is 15.0. The smallest absolute Gasteiger partial charge is 0.0483 e. The predicted molar refractivity (Wildman–Crippen MR) is 83.8 cm³/mol. The third kappa shape index (κ3) is 2.30. The van der Waals surface area contributed by atoms with Crippen LogP contribution in [-0.4, -0.2) is 11.6 Å². The van der Waals surface area contributed by atoms with Crippen molar-refractivity contribution in [1.82, 2.24) is 9.88 Å². The summed E-state index contributed by atoms with van der Waals surface area (Å²) in [4.78, 5) is 0. The van der Waals surface area contributed by atoms with Gasteiger partial charge in [0.2, 0.25) is 0 Å². The van der Waals surface area contributed by atoms with Crippen LogP contribution < -0.4 is 5.32 Å². The Labute approximate surface area is 116 Å². The van der Waals surface area contributed by atoms with E-state index < -0.39 is 0 Å². The van der Waals surface area contributed by atoms with Crippen LogP contribution in [0.3, 0.4) is 0 Å². The van der Waals surface area contributed by atoms with E-state index in [-0.39, 0.29) is 5.41 Å². The van der Waals surface area contributed by atoms with E-state index in [0.717, 1.165) is 0 Å². The van der Waals surface area contributed by atoms with Crippen molar-refractivity contribution in [2.24, 2.45) is 7.05 Å². The number of fused-ring (bicyclic) bond motifs is 1. The molecule has 1 aromatic carbocycles. The first kappa shape index (κ1) is 14.1. The number of hydrogen-bond donors (Lipinski definition) is 1. The highest BCUT2D eigenvalue weighted by molar-refractivity contribution is 5.86. The van der Waals surface area contributed by atoms with Crippen molar-refractivity contribution in [2.45, 2.75) is 46.1 Å². The van der Waals surface area contributed by atoms with Crippen molar-refractivity contribution < 1.29 is 0 Å². The lowest BCUT2D eigenvalue weighted by Crippen LogP contribution is -2.16. The third-order valence-corrected chi connectivity index (χ3v) is 4.22. The Morgan fingerprint density at radius 1 is 1.21 bits per heavy atom. The van der Waals surface area contributed by atoms with E-state index >= 15 is 0 Å². The van der Waals surface area contributed by atoms with Crippen molar-refractivity contribution in [3.8, 4) is 0 Å². The highest BCUT2D eigenvalue weighted by Crippen LogP contribution is 2.32. The standard InChI is InChI=1S/C17H26N2/c1-11-14-10-13(17(3,4)5)8-9-15(14)19(7)16(11)12(2)18-6/h8-10,12,18H,1-7H3. The van der Waals surface area contributed by atoms with E-state index in [9.17, 15) is 0 Å². The lowest BCUT2D eigenvalue weighted by Gasteiger charge is -2.19. The molecule has 0 bridgehead atoms. The first-order valence-corrected chi connectivity index (χ1v) is 7.04. The van der Waals surface area contributed by atoms with Crippen molar-refractivity contribution in [2.75, 3.05) is 7.05 Å². The Bertz CT molecular complexity index is 600. The molecule has 2 rings (SSSR count). The third-order valence-electron chi connectivity index (χ3n) is 4.22. The van der Waals surface area contributed by atoms with Gasteiger partial charge in [-0.15, -0.1) is 0 Å². The number of aryl methyl sites for hydroxylation is 2. The molecule has 2 heteroatoms. The molecule has 2 aromatic rings. The molecule has 0 spiro atoms. The molecular formula is C17H26N2. The van der Waals surface area contributed by atoms with Gasteiger partial charge in [0.25, 0.3) is 0 Å². The molecule has 0 aliphatic heterocycles. The van der Waals surface area contributed by atoms with Gasteiger partial charge in [0.05, 0.1) is 0 Å². The predicted octanol–water partition coefficient (Wildman–Crippen LogP) is 4.06. The summed E-state index contributed by atoms with van der Waals surface area (Å²) in [6.45, 7) is 11.3. The normalized spacial score (nSPS) is 14.1. The molecule has 104 valence electrons. The number of hydrogen-bond acceptors (Lipinski definition) is 1. The molecule has 19 heavy (non-hydrogen) atoms. The maximum atomic E-state index is 3.35. The second-order valence-corrected chi connectivity index (χ2v) is 6.56. The van der Waals surface area contributed by atoms with E-state index in [4.69, 9.17) is 0 Å². The molecule has 1 unspecified atom stereocenters. The minimum Gasteiger partial charge on any atom is -0.346 e. The summed E-state index contributed by atoms with van der Waals surface area (Å²) < 4.78 is 2.32. The van der Waals surface area contributed by atoms with Gasteiger partial charge in [-0.2, -0.15) is 0 Å². The van der Waals surface area contributed by atoms with Crippen molar-refractivity contribution in [3.63, 3.8) is 0 Å². The van der Waals surface area contributed by atoms with Gasteiger partial charge in [0, 0.05) is 29.7 Å². The zero-order valence-electron chi connectivity index (χ0n) is 13.3. The molecule has 1 aromatic heterocycles. The Kier molecular flexibility index (Phi) is 3.48. The molecule has 0 amide bonds. The van der Waals surface area contributed by atoms with E-state index in [2.05, 4.69) is 69.7 Å². The zero-order valence-corrected chi connectivity index (χ0v) is 13.3. The van der Waals surface area contributed by atoms with Gasteiger partial charge in [0.1, 0.15) is 0 Å². The molecule has 1 N–H and O–H groups in total. The van der Waals surface area contributed by atoms with Crippen LogP contribution in [0.1, 0.15) is 50.6 Å². The van der Waals surface area contributed by atoms with Crippen LogP contribution in [-0.2, 0) is 12.5 Å². The van der Waals surface area contributed by atoms with Crippen LogP contribution in [0.15, 0.2) is 18.2 Å². The monoisotopic (exact) mass is 258 g/mol. The second-order valence-electron chi connectivity index (χ2n) is 6.56. The first-order valence-electron chi connectivity index (χ1n) is 7.04. The minimum absolute atomic E-state index is 0.200. The maximum absolute atomic E-state index is 3.35. The summed E-state index contributed by atoms with van der Waals surface area (Å²) in [6.07, 6.45) is 0. The van der Waals surface area contributed by atoms with Gasteiger partial charge in [-0.3, -0.25) is 0 Å². The average molecular weight is 258 g/mol. The largest absolute Gasteiger partial charge is 0.346 e. The Morgan fingerprint density at radius 2 is 1.84 bits per heavy atom. The molecule has 1 atom stereocenters. The van der Waals surface area contributed by atoms with Crippen LogP contribution >= 0.6 is 0 Å². The van der Waals surface area contributed by atoms with Crippen LogP contribution in [0, 0.1) is 6.92 Å². The van der Waals surface area contributed by atoms with Gasteiger partial charge < -0.3 is 9.88 Å². The van der Waals surface area contributed by atoms with Gasteiger partial charge in [-0.05, 0) is 49.6 Å². The minimum atomic E-state index is 0.200.